The summed E-state index contributed by atoms with van der Waals surface area (Å²) in [6, 6.07) is 7.08. The summed E-state index contributed by atoms with van der Waals surface area (Å²) in [5.74, 6) is 4.62. The second-order valence-electron chi connectivity index (χ2n) is 19.5. The summed E-state index contributed by atoms with van der Waals surface area (Å²) in [6.07, 6.45) is 21.9. The van der Waals surface area contributed by atoms with Gasteiger partial charge in [0.25, 0.3) is 0 Å². The van der Waals surface area contributed by atoms with E-state index in [0.29, 0.717) is 37.0 Å². The van der Waals surface area contributed by atoms with Crippen LogP contribution >= 0.6 is 0 Å². The number of ether oxygens (including phenoxy) is 1. The van der Waals surface area contributed by atoms with Crippen LogP contribution in [0.2, 0.25) is 0 Å². The molecule has 0 spiro atoms. The van der Waals surface area contributed by atoms with E-state index in [2.05, 4.69) is 61.3 Å². The minimum absolute atomic E-state index is 0.0155. The van der Waals surface area contributed by atoms with Crippen molar-refractivity contribution in [1.29, 1.82) is 5.41 Å². The zero-order chi connectivity index (χ0) is 42.6. The van der Waals surface area contributed by atoms with Crippen LogP contribution in [-0.2, 0) is 9.53 Å². The topological polar surface area (TPSA) is 194 Å². The molecule has 328 valence electrons. The Bertz CT molecular complexity index is 1640. The fourth-order valence-electron chi connectivity index (χ4n) is 11.7. The lowest BCUT2D eigenvalue weighted by Gasteiger charge is -2.58. The van der Waals surface area contributed by atoms with E-state index < -0.39 is 6.04 Å². The molecule has 4 aliphatic rings. The highest BCUT2D eigenvalue weighted by atomic mass is 16.5. The van der Waals surface area contributed by atoms with Crippen LogP contribution in [0.15, 0.2) is 45.9 Å². The Hall–Kier alpha value is -3.73. The van der Waals surface area contributed by atoms with Gasteiger partial charge in [-0.15, -0.1) is 0 Å². The number of nitrogens with zero attached hydrogens (tertiary/aromatic N) is 2. The summed E-state index contributed by atoms with van der Waals surface area (Å²) in [6.45, 7) is 14.3. The molecule has 1 aromatic carbocycles. The van der Waals surface area contributed by atoms with Crippen LogP contribution in [0, 0.1) is 51.7 Å². The van der Waals surface area contributed by atoms with Gasteiger partial charge in [0.1, 0.15) is 11.9 Å². The Morgan fingerprint density at radius 1 is 0.915 bits per heavy atom. The van der Waals surface area contributed by atoms with E-state index in [1.54, 1.807) is 5.57 Å². The van der Waals surface area contributed by atoms with Crippen LogP contribution in [0.5, 0.6) is 0 Å². The van der Waals surface area contributed by atoms with Crippen molar-refractivity contribution >= 4 is 29.9 Å². The SMILES string of the molecule is CC(C)CCCC(C)C1CCC2C3CC=C4CC(OC(=O)c5ccc(C=NCCCCNC(=O)C(CCCCN=C(N)N)NCC(=N)N)cc5)CCC4(C)C3CCC12C. The van der Waals surface area contributed by atoms with Crippen molar-refractivity contribution in [3.8, 4) is 0 Å². The number of hydrogen-bond donors (Lipinski definition) is 6. The number of hydrogen-bond acceptors (Lipinski definition) is 7. The molecule has 9 unspecified atom stereocenters. The van der Waals surface area contributed by atoms with Gasteiger partial charge in [0.05, 0.1) is 18.2 Å². The summed E-state index contributed by atoms with van der Waals surface area (Å²) in [4.78, 5) is 34.6. The molecular weight excluding hydrogens is 737 g/mol. The Kier molecular flexibility index (Phi) is 17.0. The van der Waals surface area contributed by atoms with Gasteiger partial charge in [-0.1, -0.05) is 77.7 Å². The standard InChI is InChI=1S/C48H78N8O3/c1-32(2)11-10-12-33(3)39-20-21-40-38-19-18-36-29-37(22-24-47(36,4)41(38)23-25-48(39,40)5)59-45(58)35-16-14-34(15-17-35)30-53-26-8-9-27-54-44(57)42(56-31-43(49)50)13-6-7-28-55-46(51)52/h14-18,30,32-33,37-42,56H,6-13,19-29,31H2,1-5H3,(H3,49,50)(H,54,57)(H4,51,52,55). The second kappa shape index (κ2) is 21.7. The normalized spacial score (nSPS) is 28.5. The van der Waals surface area contributed by atoms with E-state index in [1.807, 2.05) is 30.5 Å². The number of rotatable bonds is 22. The number of unbranched alkanes of at least 4 members (excludes halogenated alkanes) is 2. The molecule has 3 fully saturated rings. The molecule has 0 heterocycles. The van der Waals surface area contributed by atoms with Gasteiger partial charge in [0.2, 0.25) is 5.91 Å². The number of guanidine groups is 1. The number of fused-ring (bicyclic) bond motifs is 5. The van der Waals surface area contributed by atoms with Crippen LogP contribution in [0.1, 0.15) is 153 Å². The Labute approximate surface area is 355 Å². The van der Waals surface area contributed by atoms with Crippen molar-refractivity contribution in [1.82, 2.24) is 10.6 Å². The predicted octanol–water partition coefficient (Wildman–Crippen LogP) is 7.91. The maximum atomic E-state index is 13.3. The van der Waals surface area contributed by atoms with E-state index >= 15 is 0 Å². The van der Waals surface area contributed by atoms with Crippen LogP contribution in [0.3, 0.4) is 0 Å². The molecule has 1 aromatic rings. The number of amides is 1. The van der Waals surface area contributed by atoms with Gasteiger partial charge in [-0.25, -0.2) is 4.79 Å². The third kappa shape index (κ3) is 12.4. The van der Waals surface area contributed by atoms with Crippen molar-refractivity contribution < 1.29 is 14.3 Å². The molecule has 11 heteroatoms. The average Bonchev–Trinajstić information content (AvgIpc) is 3.55. The second-order valence-corrected chi connectivity index (χ2v) is 19.5. The number of benzene rings is 1. The number of carbonyl (C=O) groups excluding carboxylic acids is 2. The number of esters is 1. The molecule has 0 aliphatic heterocycles. The van der Waals surface area contributed by atoms with Gasteiger partial charge in [-0.3, -0.25) is 25.5 Å². The number of amidine groups is 1. The van der Waals surface area contributed by atoms with E-state index in [1.165, 1.54) is 51.4 Å². The van der Waals surface area contributed by atoms with Crippen molar-refractivity contribution in [2.24, 2.45) is 73.5 Å². The van der Waals surface area contributed by atoms with E-state index in [9.17, 15) is 9.59 Å². The van der Waals surface area contributed by atoms with Gasteiger partial charge >= 0.3 is 5.97 Å². The Morgan fingerprint density at radius 2 is 1.68 bits per heavy atom. The zero-order valence-corrected chi connectivity index (χ0v) is 37.1. The summed E-state index contributed by atoms with van der Waals surface area (Å²) in [5.41, 5.74) is 20.0. The van der Waals surface area contributed by atoms with E-state index in [0.717, 1.165) is 86.0 Å². The number of aliphatic imine (C=N–C) groups is 2. The smallest absolute Gasteiger partial charge is 0.338 e. The number of carbonyl (C=O) groups is 2. The summed E-state index contributed by atoms with van der Waals surface area (Å²) >= 11 is 0. The van der Waals surface area contributed by atoms with Crippen molar-refractivity contribution in [3.05, 3.63) is 47.0 Å². The highest BCUT2D eigenvalue weighted by Crippen LogP contribution is 2.67. The van der Waals surface area contributed by atoms with Crippen molar-refractivity contribution in [2.45, 2.75) is 149 Å². The minimum Gasteiger partial charge on any atom is -0.458 e. The third-order valence-corrected chi connectivity index (χ3v) is 15.0. The lowest BCUT2D eigenvalue weighted by atomic mass is 9.47. The molecule has 0 radical (unpaired) electrons. The highest BCUT2D eigenvalue weighted by molar-refractivity contribution is 5.91. The van der Waals surface area contributed by atoms with Crippen molar-refractivity contribution in [3.63, 3.8) is 0 Å². The molecule has 11 nitrogen and oxygen atoms in total. The zero-order valence-electron chi connectivity index (χ0n) is 37.1. The average molecular weight is 815 g/mol. The molecular formula is C48H78N8O3. The summed E-state index contributed by atoms with van der Waals surface area (Å²) in [5, 5.41) is 13.5. The number of allylic oxidation sites excluding steroid dienone is 1. The van der Waals surface area contributed by atoms with Gasteiger partial charge in [0.15, 0.2) is 5.96 Å². The fourth-order valence-corrected chi connectivity index (χ4v) is 11.7. The molecule has 0 bridgehead atoms. The van der Waals surface area contributed by atoms with E-state index in [-0.39, 0.29) is 41.7 Å². The molecule has 59 heavy (non-hydrogen) atoms. The Morgan fingerprint density at radius 3 is 2.41 bits per heavy atom. The van der Waals surface area contributed by atoms with Crippen LogP contribution in [0.25, 0.3) is 0 Å². The molecule has 9 N–H and O–H groups in total. The fraction of sp³-hybridized carbons (Fsp3) is 0.729. The van der Waals surface area contributed by atoms with Crippen LogP contribution in [-0.4, -0.2) is 68.2 Å². The number of nitrogens with two attached hydrogens (primary N) is 3. The maximum absolute atomic E-state index is 13.3. The number of nitrogens with one attached hydrogen (secondary N) is 3. The molecule has 0 aromatic heterocycles. The monoisotopic (exact) mass is 815 g/mol. The highest BCUT2D eigenvalue weighted by Gasteiger charge is 2.59. The van der Waals surface area contributed by atoms with Gasteiger partial charge < -0.3 is 27.3 Å². The first-order valence-corrected chi connectivity index (χ1v) is 23.1. The third-order valence-electron chi connectivity index (χ3n) is 15.0. The lowest BCUT2D eigenvalue weighted by molar-refractivity contribution is -0.123. The first kappa shape index (κ1) is 46.3. The van der Waals surface area contributed by atoms with Gasteiger partial charge in [-0.05, 0) is 141 Å². The van der Waals surface area contributed by atoms with Crippen LogP contribution in [0.4, 0.5) is 0 Å². The first-order chi connectivity index (χ1) is 28.2. The molecule has 4 aliphatic carbocycles. The predicted molar refractivity (Wildman–Crippen MR) is 242 cm³/mol. The Balaban J connectivity index is 1.02. The molecule has 5 rings (SSSR count). The molecule has 1 amide bonds. The van der Waals surface area contributed by atoms with Gasteiger partial charge in [0, 0.05) is 32.3 Å². The lowest BCUT2D eigenvalue weighted by Crippen LogP contribution is -2.51. The summed E-state index contributed by atoms with van der Waals surface area (Å²) in [7, 11) is 0. The van der Waals surface area contributed by atoms with E-state index in [4.69, 9.17) is 27.3 Å². The quantitative estimate of drug-likeness (QED) is 0.0225. The molecule has 9 atom stereocenters. The maximum Gasteiger partial charge on any atom is 0.338 e. The van der Waals surface area contributed by atoms with Crippen molar-refractivity contribution in [2.75, 3.05) is 26.2 Å². The van der Waals surface area contributed by atoms with Gasteiger partial charge in [-0.2, -0.15) is 0 Å². The summed E-state index contributed by atoms with van der Waals surface area (Å²) < 4.78 is 6.17. The minimum atomic E-state index is -0.441. The molecule has 3 saturated carbocycles. The molecule has 0 saturated heterocycles. The van der Waals surface area contributed by atoms with Crippen LogP contribution < -0.4 is 27.8 Å². The largest absolute Gasteiger partial charge is 0.458 e. The first-order valence-electron chi connectivity index (χ1n) is 23.1.